The number of nitrogens with zero attached hydrogens (tertiary/aromatic N) is 2. The second-order valence-electron chi connectivity index (χ2n) is 8.20. The minimum absolute atomic E-state index is 0. The third-order valence-corrected chi connectivity index (χ3v) is 6.09. The van der Waals surface area contributed by atoms with Gasteiger partial charge in [-0.25, -0.2) is 0 Å². The Bertz CT molecular complexity index is 692. The van der Waals surface area contributed by atoms with Gasteiger partial charge in [0.1, 0.15) is 5.75 Å². The Labute approximate surface area is 198 Å². The highest BCUT2D eigenvalue weighted by Gasteiger charge is 2.31. The smallest absolute Gasteiger partial charge is 0.225 e. The molecule has 1 saturated heterocycles. The largest absolute Gasteiger partial charge is 0.497 e. The van der Waals surface area contributed by atoms with Crippen LogP contribution in [-0.2, 0) is 11.2 Å². The molecule has 6 nitrogen and oxygen atoms in total. The Hall–Kier alpha value is -1.51. The molecule has 168 valence electrons. The van der Waals surface area contributed by atoms with Crippen molar-refractivity contribution in [2.75, 3.05) is 33.8 Å². The van der Waals surface area contributed by atoms with E-state index in [9.17, 15) is 4.79 Å². The standard InChI is InChI=1S/C23H36N4O2.HI/c1-24-23(25-14-7-9-18-8-6-12-21(16-18)29-2)26-20-13-15-27(17-20)22(28)19-10-4-3-5-11-19;/h6,8,12,16,19-20H,3-5,7,9-11,13-15,17H2,1-2H3,(H2,24,25,26);1H. The van der Waals surface area contributed by atoms with E-state index >= 15 is 0 Å². The summed E-state index contributed by atoms with van der Waals surface area (Å²) in [5, 5.41) is 6.90. The zero-order valence-corrected chi connectivity index (χ0v) is 20.7. The molecule has 1 amide bonds. The first-order valence-electron chi connectivity index (χ1n) is 11.1. The average Bonchev–Trinajstić information content (AvgIpc) is 3.24. The van der Waals surface area contributed by atoms with Crippen molar-refractivity contribution in [3.63, 3.8) is 0 Å². The Morgan fingerprint density at radius 2 is 2.03 bits per heavy atom. The molecule has 1 unspecified atom stereocenters. The number of aliphatic imine (C=N–C) groups is 1. The fraction of sp³-hybridized carbons (Fsp3) is 0.652. The lowest BCUT2D eigenvalue weighted by atomic mass is 9.88. The number of carbonyl (C=O) groups is 1. The molecule has 0 spiro atoms. The molecule has 3 rings (SSSR count). The van der Waals surface area contributed by atoms with Crippen LogP contribution >= 0.6 is 24.0 Å². The molecule has 2 fully saturated rings. The lowest BCUT2D eigenvalue weighted by molar-refractivity contribution is -0.135. The number of benzene rings is 1. The molecule has 0 bridgehead atoms. The van der Waals surface area contributed by atoms with Gasteiger partial charge in [0.15, 0.2) is 5.96 Å². The van der Waals surface area contributed by atoms with Crippen LogP contribution in [0.15, 0.2) is 29.3 Å². The number of aryl methyl sites for hydroxylation is 1. The highest BCUT2D eigenvalue weighted by Crippen LogP contribution is 2.26. The van der Waals surface area contributed by atoms with Crippen LogP contribution in [0.25, 0.3) is 0 Å². The molecule has 7 heteroatoms. The molecule has 0 aromatic heterocycles. The van der Waals surface area contributed by atoms with Crippen molar-refractivity contribution in [3.05, 3.63) is 29.8 Å². The van der Waals surface area contributed by atoms with Crippen molar-refractivity contribution in [1.29, 1.82) is 0 Å². The Kier molecular flexibility index (Phi) is 10.7. The van der Waals surface area contributed by atoms with Gasteiger partial charge in [-0.3, -0.25) is 9.79 Å². The number of methoxy groups -OCH3 is 1. The van der Waals surface area contributed by atoms with Crippen molar-refractivity contribution in [2.24, 2.45) is 10.9 Å². The van der Waals surface area contributed by atoms with E-state index in [1.165, 1.54) is 24.8 Å². The third-order valence-electron chi connectivity index (χ3n) is 6.09. The van der Waals surface area contributed by atoms with Gasteiger partial charge >= 0.3 is 0 Å². The van der Waals surface area contributed by atoms with Crippen LogP contribution in [0.2, 0.25) is 0 Å². The fourth-order valence-corrected chi connectivity index (χ4v) is 4.40. The Morgan fingerprint density at radius 1 is 1.23 bits per heavy atom. The maximum atomic E-state index is 12.7. The summed E-state index contributed by atoms with van der Waals surface area (Å²) in [4.78, 5) is 19.1. The van der Waals surface area contributed by atoms with Crippen molar-refractivity contribution in [1.82, 2.24) is 15.5 Å². The van der Waals surface area contributed by atoms with Gasteiger partial charge in [-0.1, -0.05) is 31.4 Å². The number of hydrogen-bond acceptors (Lipinski definition) is 3. The number of amides is 1. The first kappa shape index (κ1) is 24.8. The van der Waals surface area contributed by atoms with E-state index in [-0.39, 0.29) is 35.9 Å². The minimum Gasteiger partial charge on any atom is -0.497 e. The van der Waals surface area contributed by atoms with Gasteiger partial charge in [-0.2, -0.15) is 0 Å². The SMILES string of the molecule is CN=C(NCCCc1cccc(OC)c1)NC1CCN(C(=O)C2CCCCC2)C1.I. The predicted octanol–water partition coefficient (Wildman–Crippen LogP) is 3.59. The number of ether oxygens (including phenoxy) is 1. The number of hydrogen-bond donors (Lipinski definition) is 2. The highest BCUT2D eigenvalue weighted by molar-refractivity contribution is 14.0. The second kappa shape index (κ2) is 13.0. The molecule has 1 aromatic rings. The second-order valence-corrected chi connectivity index (χ2v) is 8.20. The van der Waals surface area contributed by atoms with E-state index < -0.39 is 0 Å². The highest BCUT2D eigenvalue weighted by atomic mass is 127. The van der Waals surface area contributed by atoms with Gasteiger partial charge in [-0.05, 0) is 49.8 Å². The quantitative estimate of drug-likeness (QED) is 0.246. The zero-order chi connectivity index (χ0) is 20.5. The van der Waals surface area contributed by atoms with Crippen molar-refractivity contribution in [3.8, 4) is 5.75 Å². The van der Waals surface area contributed by atoms with Crippen LogP contribution in [0.3, 0.4) is 0 Å². The van der Waals surface area contributed by atoms with Gasteiger partial charge in [0.05, 0.1) is 7.11 Å². The third kappa shape index (κ3) is 7.32. The van der Waals surface area contributed by atoms with Gasteiger partial charge in [0.25, 0.3) is 0 Å². The fourth-order valence-electron chi connectivity index (χ4n) is 4.40. The minimum atomic E-state index is 0. The van der Waals surface area contributed by atoms with E-state index in [2.05, 4.69) is 32.7 Å². The van der Waals surface area contributed by atoms with Crippen LogP contribution in [0.1, 0.15) is 50.5 Å². The molecule has 1 heterocycles. The van der Waals surface area contributed by atoms with E-state index in [0.717, 1.165) is 63.4 Å². The Balaban J connectivity index is 0.00000320. The monoisotopic (exact) mass is 528 g/mol. The van der Waals surface area contributed by atoms with Crippen molar-refractivity contribution in [2.45, 2.75) is 57.4 Å². The van der Waals surface area contributed by atoms with E-state index in [1.807, 2.05) is 12.1 Å². The summed E-state index contributed by atoms with van der Waals surface area (Å²) in [7, 11) is 3.50. The number of rotatable bonds is 7. The molecular formula is C23H37IN4O2. The maximum Gasteiger partial charge on any atom is 0.225 e. The zero-order valence-electron chi connectivity index (χ0n) is 18.4. The number of nitrogens with one attached hydrogen (secondary N) is 2. The first-order valence-corrected chi connectivity index (χ1v) is 11.1. The van der Waals surface area contributed by atoms with E-state index in [4.69, 9.17) is 4.74 Å². The summed E-state index contributed by atoms with van der Waals surface area (Å²) in [6.45, 7) is 2.51. The normalized spacial score (nSPS) is 19.9. The maximum absolute atomic E-state index is 12.7. The molecule has 1 aliphatic heterocycles. The summed E-state index contributed by atoms with van der Waals surface area (Å²) < 4.78 is 5.28. The van der Waals surface area contributed by atoms with Crippen LogP contribution < -0.4 is 15.4 Å². The van der Waals surface area contributed by atoms with Gasteiger partial charge < -0.3 is 20.3 Å². The number of halogens is 1. The van der Waals surface area contributed by atoms with E-state index in [0.29, 0.717) is 5.91 Å². The van der Waals surface area contributed by atoms with Gasteiger partial charge in [0.2, 0.25) is 5.91 Å². The van der Waals surface area contributed by atoms with Crippen LogP contribution in [0.5, 0.6) is 5.75 Å². The van der Waals surface area contributed by atoms with Crippen LogP contribution in [-0.4, -0.2) is 56.6 Å². The van der Waals surface area contributed by atoms with E-state index in [1.54, 1.807) is 14.2 Å². The topological polar surface area (TPSA) is 66.0 Å². The Morgan fingerprint density at radius 3 is 2.77 bits per heavy atom. The number of guanidine groups is 1. The average molecular weight is 528 g/mol. The molecular weight excluding hydrogens is 491 g/mol. The summed E-state index contributed by atoms with van der Waals surface area (Å²) in [5.41, 5.74) is 1.28. The molecule has 2 aliphatic rings. The molecule has 30 heavy (non-hydrogen) atoms. The molecule has 1 aromatic carbocycles. The van der Waals surface area contributed by atoms with Gasteiger partial charge in [0, 0.05) is 38.6 Å². The molecule has 1 atom stereocenters. The van der Waals surface area contributed by atoms with Crippen molar-refractivity contribution < 1.29 is 9.53 Å². The van der Waals surface area contributed by atoms with Gasteiger partial charge in [-0.15, -0.1) is 24.0 Å². The lowest BCUT2D eigenvalue weighted by Gasteiger charge is -2.26. The summed E-state index contributed by atoms with van der Waals surface area (Å²) in [5.74, 6) is 2.36. The van der Waals surface area contributed by atoms with Crippen LogP contribution in [0, 0.1) is 5.92 Å². The summed E-state index contributed by atoms with van der Waals surface area (Å²) in [6.07, 6.45) is 8.85. The molecule has 0 radical (unpaired) electrons. The molecule has 2 N–H and O–H groups in total. The molecule has 1 aliphatic carbocycles. The van der Waals surface area contributed by atoms with Crippen molar-refractivity contribution >= 4 is 35.8 Å². The first-order chi connectivity index (χ1) is 14.2. The lowest BCUT2D eigenvalue weighted by Crippen LogP contribution is -2.45. The number of carbonyl (C=O) groups excluding carboxylic acids is 1. The summed E-state index contributed by atoms with van der Waals surface area (Å²) in [6, 6.07) is 8.50. The van der Waals surface area contributed by atoms with Crippen LogP contribution in [0.4, 0.5) is 0 Å². The predicted molar refractivity (Wildman–Crippen MR) is 133 cm³/mol. The summed E-state index contributed by atoms with van der Waals surface area (Å²) >= 11 is 0. The number of likely N-dealkylation sites (tertiary alicyclic amines) is 1. The molecule has 1 saturated carbocycles.